The molecule has 0 atom stereocenters. The maximum atomic E-state index is 12.0. The van der Waals surface area contributed by atoms with Crippen LogP contribution in [0.1, 0.15) is 12.7 Å². The Morgan fingerprint density at radius 3 is 2.80 bits per heavy atom. The van der Waals surface area contributed by atoms with Gasteiger partial charge in [0.2, 0.25) is 5.91 Å². The van der Waals surface area contributed by atoms with Gasteiger partial charge in [0.15, 0.2) is 5.82 Å². The summed E-state index contributed by atoms with van der Waals surface area (Å²) in [5, 5.41) is 7.47. The largest absolute Gasteiger partial charge is 0.334 e. The lowest BCUT2D eigenvalue weighted by Crippen LogP contribution is -2.14. The number of aromatic nitrogens is 3. The standard InChI is InChI=1S/C17H15BrN4O2S/c1-2-14-21-17(24-22-14)11-7-8-16(19-9-11)25-10-15(23)20-13-6-4-3-5-12(13)18/h3-9H,2,10H2,1H3,(H,20,23). The number of nitrogens with zero attached hydrogens (tertiary/aromatic N) is 3. The molecule has 6 nitrogen and oxygen atoms in total. The maximum absolute atomic E-state index is 12.0. The molecule has 8 heteroatoms. The van der Waals surface area contributed by atoms with Gasteiger partial charge in [-0.15, -0.1) is 0 Å². The van der Waals surface area contributed by atoms with Crippen molar-refractivity contribution in [2.45, 2.75) is 18.4 Å². The number of para-hydroxylation sites is 1. The summed E-state index contributed by atoms with van der Waals surface area (Å²) in [6.45, 7) is 1.96. The smallest absolute Gasteiger partial charge is 0.259 e. The van der Waals surface area contributed by atoms with Gasteiger partial charge in [0.25, 0.3) is 5.89 Å². The first-order valence-electron chi connectivity index (χ1n) is 7.62. The monoisotopic (exact) mass is 418 g/mol. The molecule has 3 aromatic rings. The third kappa shape index (κ3) is 4.67. The molecule has 1 amide bonds. The molecule has 1 aromatic carbocycles. The number of anilines is 1. The second-order valence-corrected chi connectivity index (χ2v) is 6.92. The van der Waals surface area contributed by atoms with Crippen LogP contribution in [0.4, 0.5) is 5.69 Å². The van der Waals surface area contributed by atoms with E-state index in [0.29, 0.717) is 11.7 Å². The third-order valence-corrected chi connectivity index (χ3v) is 4.90. The van der Waals surface area contributed by atoms with Crippen LogP contribution in [-0.4, -0.2) is 26.8 Å². The fraction of sp³-hybridized carbons (Fsp3) is 0.176. The molecule has 1 N–H and O–H groups in total. The van der Waals surface area contributed by atoms with Crippen LogP contribution >= 0.6 is 27.7 Å². The van der Waals surface area contributed by atoms with Crippen LogP contribution in [-0.2, 0) is 11.2 Å². The molecule has 0 radical (unpaired) electrons. The van der Waals surface area contributed by atoms with E-state index in [0.717, 1.165) is 27.2 Å². The lowest BCUT2D eigenvalue weighted by molar-refractivity contribution is -0.113. The first-order valence-corrected chi connectivity index (χ1v) is 9.39. The number of amides is 1. The molecule has 2 heterocycles. The van der Waals surface area contributed by atoms with E-state index in [4.69, 9.17) is 4.52 Å². The topological polar surface area (TPSA) is 80.9 Å². The number of pyridine rings is 1. The summed E-state index contributed by atoms with van der Waals surface area (Å²) in [5.41, 5.74) is 1.51. The molecular formula is C17H15BrN4O2S. The number of hydrogen-bond donors (Lipinski definition) is 1. The highest BCUT2D eigenvalue weighted by Crippen LogP contribution is 2.23. The van der Waals surface area contributed by atoms with Crippen molar-refractivity contribution >= 4 is 39.3 Å². The van der Waals surface area contributed by atoms with Crippen molar-refractivity contribution in [3.05, 3.63) is 52.9 Å². The highest BCUT2D eigenvalue weighted by Gasteiger charge is 2.10. The van der Waals surface area contributed by atoms with Crippen molar-refractivity contribution in [1.29, 1.82) is 0 Å². The summed E-state index contributed by atoms with van der Waals surface area (Å²) in [6.07, 6.45) is 2.39. The number of carbonyl (C=O) groups is 1. The Morgan fingerprint density at radius 2 is 2.12 bits per heavy atom. The van der Waals surface area contributed by atoms with Gasteiger partial charge in [-0.3, -0.25) is 4.79 Å². The van der Waals surface area contributed by atoms with E-state index in [9.17, 15) is 4.79 Å². The van der Waals surface area contributed by atoms with Gasteiger partial charge in [0, 0.05) is 17.1 Å². The highest BCUT2D eigenvalue weighted by atomic mass is 79.9. The van der Waals surface area contributed by atoms with E-state index in [1.54, 1.807) is 6.20 Å². The zero-order valence-corrected chi connectivity index (χ0v) is 15.8. The van der Waals surface area contributed by atoms with Crippen LogP contribution in [0, 0.1) is 0 Å². The summed E-state index contributed by atoms with van der Waals surface area (Å²) in [5.74, 6) is 1.30. The summed E-state index contributed by atoms with van der Waals surface area (Å²) in [4.78, 5) is 20.6. The van der Waals surface area contributed by atoms with Crippen molar-refractivity contribution in [1.82, 2.24) is 15.1 Å². The summed E-state index contributed by atoms with van der Waals surface area (Å²) < 4.78 is 6.03. The van der Waals surface area contributed by atoms with Crippen molar-refractivity contribution in [2.75, 3.05) is 11.1 Å². The first kappa shape index (κ1) is 17.6. The van der Waals surface area contributed by atoms with Crippen LogP contribution in [0.2, 0.25) is 0 Å². The molecule has 0 saturated carbocycles. The molecule has 0 unspecified atom stereocenters. The number of aryl methyl sites for hydroxylation is 1. The molecule has 25 heavy (non-hydrogen) atoms. The van der Waals surface area contributed by atoms with Crippen LogP contribution in [0.5, 0.6) is 0 Å². The fourth-order valence-electron chi connectivity index (χ4n) is 2.00. The van der Waals surface area contributed by atoms with Crippen molar-refractivity contribution in [2.24, 2.45) is 0 Å². The van der Waals surface area contributed by atoms with Gasteiger partial charge in [-0.2, -0.15) is 4.98 Å². The van der Waals surface area contributed by atoms with Gasteiger partial charge >= 0.3 is 0 Å². The molecule has 0 spiro atoms. The quantitative estimate of drug-likeness (QED) is 0.604. The second kappa shape index (κ2) is 8.26. The zero-order valence-electron chi connectivity index (χ0n) is 13.4. The van der Waals surface area contributed by atoms with Gasteiger partial charge in [0.1, 0.15) is 0 Å². The lowest BCUT2D eigenvalue weighted by Gasteiger charge is -2.06. The fourth-order valence-corrected chi connectivity index (χ4v) is 3.02. The SMILES string of the molecule is CCc1noc(-c2ccc(SCC(=O)Nc3ccccc3Br)nc2)n1. The predicted molar refractivity (Wildman–Crippen MR) is 100 cm³/mol. The van der Waals surface area contributed by atoms with Gasteiger partial charge in [0.05, 0.1) is 22.0 Å². The molecule has 3 rings (SSSR count). The molecule has 0 saturated heterocycles. The molecule has 0 bridgehead atoms. The summed E-state index contributed by atoms with van der Waals surface area (Å²) in [7, 11) is 0. The van der Waals surface area contributed by atoms with Gasteiger partial charge < -0.3 is 9.84 Å². The molecular weight excluding hydrogens is 404 g/mol. The molecule has 2 aromatic heterocycles. The molecule has 128 valence electrons. The molecule has 0 aliphatic rings. The Labute approximate surface area is 157 Å². The van der Waals surface area contributed by atoms with Crippen molar-refractivity contribution in [3.8, 4) is 11.5 Å². The predicted octanol–water partition coefficient (Wildman–Crippen LogP) is 4.19. The van der Waals surface area contributed by atoms with Gasteiger partial charge in [-0.1, -0.05) is 36.0 Å². The second-order valence-electron chi connectivity index (χ2n) is 5.07. The van der Waals surface area contributed by atoms with Gasteiger partial charge in [-0.25, -0.2) is 4.98 Å². The summed E-state index contributed by atoms with van der Waals surface area (Å²) >= 11 is 4.77. The summed E-state index contributed by atoms with van der Waals surface area (Å²) in [6, 6.07) is 11.2. The van der Waals surface area contributed by atoms with Crippen LogP contribution < -0.4 is 5.32 Å². The number of nitrogens with one attached hydrogen (secondary N) is 1. The van der Waals surface area contributed by atoms with Crippen LogP contribution in [0.25, 0.3) is 11.5 Å². The Morgan fingerprint density at radius 1 is 1.28 bits per heavy atom. The van der Waals surface area contributed by atoms with Crippen molar-refractivity contribution in [3.63, 3.8) is 0 Å². The first-order chi connectivity index (χ1) is 12.2. The Hall–Kier alpha value is -2.19. The number of hydrogen-bond acceptors (Lipinski definition) is 6. The van der Waals surface area contributed by atoms with E-state index in [1.807, 2.05) is 43.3 Å². The van der Waals surface area contributed by atoms with E-state index in [2.05, 4.69) is 36.4 Å². The van der Waals surface area contributed by atoms with E-state index in [1.165, 1.54) is 11.8 Å². The Kier molecular flexibility index (Phi) is 5.83. The van der Waals surface area contributed by atoms with E-state index < -0.39 is 0 Å². The normalized spacial score (nSPS) is 10.6. The number of carbonyl (C=O) groups excluding carboxylic acids is 1. The van der Waals surface area contributed by atoms with Crippen LogP contribution in [0.3, 0.4) is 0 Å². The molecule has 0 aliphatic heterocycles. The maximum Gasteiger partial charge on any atom is 0.259 e. The number of halogens is 1. The average Bonchev–Trinajstić information content (AvgIpc) is 3.12. The van der Waals surface area contributed by atoms with Crippen LogP contribution in [0.15, 0.2) is 56.6 Å². The number of benzene rings is 1. The molecule has 0 fully saturated rings. The number of rotatable bonds is 6. The van der Waals surface area contributed by atoms with Gasteiger partial charge in [-0.05, 0) is 40.2 Å². The Balaban J connectivity index is 1.56. The van der Waals surface area contributed by atoms with E-state index in [-0.39, 0.29) is 11.7 Å². The average molecular weight is 419 g/mol. The third-order valence-electron chi connectivity index (χ3n) is 3.27. The Bertz CT molecular complexity index is 867. The van der Waals surface area contributed by atoms with E-state index >= 15 is 0 Å². The highest BCUT2D eigenvalue weighted by molar-refractivity contribution is 9.10. The minimum atomic E-state index is -0.0905. The molecule has 0 aliphatic carbocycles. The lowest BCUT2D eigenvalue weighted by atomic mass is 10.3. The van der Waals surface area contributed by atoms with Crippen molar-refractivity contribution < 1.29 is 9.32 Å². The minimum Gasteiger partial charge on any atom is -0.334 e. The minimum absolute atomic E-state index is 0.0905. The number of thioether (sulfide) groups is 1. The zero-order chi connectivity index (χ0) is 17.6.